The van der Waals surface area contributed by atoms with Crippen LogP contribution in [0.25, 0.3) is 0 Å². The fourth-order valence-corrected chi connectivity index (χ4v) is 2.99. The number of ether oxygens (including phenoxy) is 1. The van der Waals surface area contributed by atoms with Gasteiger partial charge in [-0.25, -0.2) is 0 Å². The van der Waals surface area contributed by atoms with Crippen molar-refractivity contribution in [3.63, 3.8) is 0 Å². The zero-order chi connectivity index (χ0) is 12.1. The van der Waals surface area contributed by atoms with E-state index in [0.29, 0.717) is 5.92 Å². The number of hydrogen-bond acceptors (Lipinski definition) is 2. The molecule has 92 valence electrons. The summed E-state index contributed by atoms with van der Waals surface area (Å²) in [5, 5.41) is 10.3. The van der Waals surface area contributed by atoms with Crippen LogP contribution in [0.15, 0.2) is 30.3 Å². The van der Waals surface area contributed by atoms with Gasteiger partial charge in [-0.15, -0.1) is 0 Å². The Bertz CT molecular complexity index is 326. The highest BCUT2D eigenvalue weighted by atomic mass is 28.1. The minimum atomic E-state index is -0.315. The van der Waals surface area contributed by atoms with Gasteiger partial charge in [0.15, 0.2) is 0 Å². The summed E-state index contributed by atoms with van der Waals surface area (Å²) in [7, 11) is 2.74. The second kappa shape index (κ2) is 6.22. The first-order valence-corrected chi connectivity index (χ1v) is 7.22. The molecular weight excluding hydrogens is 228 g/mol. The van der Waals surface area contributed by atoms with Crippen LogP contribution < -0.4 is 4.74 Å². The fourth-order valence-electron chi connectivity index (χ4n) is 2.56. The maximum absolute atomic E-state index is 10.3. The van der Waals surface area contributed by atoms with Crippen molar-refractivity contribution in [1.82, 2.24) is 0 Å². The Hall–Kier alpha value is -0.803. The van der Waals surface area contributed by atoms with E-state index in [2.05, 4.69) is 10.2 Å². The summed E-state index contributed by atoms with van der Waals surface area (Å²) >= 11 is 0. The molecule has 2 rings (SSSR count). The average Bonchev–Trinajstić information content (AvgIpc) is 2.36. The smallest absolute Gasteiger partial charge is 0.125 e. The van der Waals surface area contributed by atoms with E-state index in [1.54, 1.807) is 0 Å². The van der Waals surface area contributed by atoms with Crippen molar-refractivity contribution >= 4 is 10.2 Å². The first-order valence-electron chi connectivity index (χ1n) is 6.41. The zero-order valence-corrected chi connectivity index (χ0v) is 11.2. The van der Waals surface area contributed by atoms with E-state index >= 15 is 0 Å². The van der Waals surface area contributed by atoms with Crippen molar-refractivity contribution in [3.8, 4) is 5.75 Å². The van der Waals surface area contributed by atoms with Gasteiger partial charge in [-0.2, -0.15) is 0 Å². The highest BCUT2D eigenvalue weighted by Crippen LogP contribution is 2.30. The largest absolute Gasteiger partial charge is 0.488 e. The Labute approximate surface area is 106 Å². The van der Waals surface area contributed by atoms with Crippen molar-refractivity contribution in [1.29, 1.82) is 0 Å². The number of aliphatic hydroxyl groups is 1. The van der Waals surface area contributed by atoms with Gasteiger partial charge >= 0.3 is 0 Å². The number of rotatable bonds is 4. The second-order valence-corrected chi connectivity index (χ2v) is 5.31. The predicted molar refractivity (Wildman–Crippen MR) is 70.8 cm³/mol. The normalized spacial score (nSPS) is 28.9. The van der Waals surface area contributed by atoms with Crippen LogP contribution in [0.5, 0.6) is 5.75 Å². The Morgan fingerprint density at radius 3 is 2.71 bits per heavy atom. The number of para-hydroxylation sites is 1. The van der Waals surface area contributed by atoms with Crippen LogP contribution in [0.3, 0.4) is 0 Å². The van der Waals surface area contributed by atoms with Gasteiger partial charge < -0.3 is 9.84 Å². The summed E-state index contributed by atoms with van der Waals surface area (Å²) in [4.78, 5) is 0. The third kappa shape index (κ3) is 3.33. The fraction of sp³-hybridized carbons (Fsp3) is 0.571. The van der Waals surface area contributed by atoms with Crippen molar-refractivity contribution in [2.24, 2.45) is 5.92 Å². The highest BCUT2D eigenvalue weighted by Gasteiger charge is 2.32. The summed E-state index contributed by atoms with van der Waals surface area (Å²) in [6.07, 6.45) is 3.97. The predicted octanol–water partition coefficient (Wildman–Crippen LogP) is 2.30. The van der Waals surface area contributed by atoms with Crippen LogP contribution >= 0.6 is 0 Å². The average molecular weight is 248 g/mol. The molecule has 1 fully saturated rings. The van der Waals surface area contributed by atoms with Gasteiger partial charge in [0.25, 0.3) is 0 Å². The number of hydrogen-bond donors (Lipinski definition) is 1. The maximum atomic E-state index is 10.3. The molecule has 0 aliphatic heterocycles. The van der Waals surface area contributed by atoms with Gasteiger partial charge in [-0.1, -0.05) is 30.7 Å². The SMILES string of the molecule is OC1C(CC[SiH])CCCC1Oc1ccccc1. The summed E-state index contributed by atoms with van der Waals surface area (Å²) in [6.45, 7) is 0. The van der Waals surface area contributed by atoms with Crippen LogP contribution in [0.1, 0.15) is 25.7 Å². The van der Waals surface area contributed by atoms with E-state index in [0.717, 1.165) is 37.5 Å². The number of benzene rings is 1. The molecule has 3 atom stereocenters. The Morgan fingerprint density at radius 1 is 1.24 bits per heavy atom. The van der Waals surface area contributed by atoms with Crippen molar-refractivity contribution < 1.29 is 9.84 Å². The Morgan fingerprint density at radius 2 is 2.00 bits per heavy atom. The van der Waals surface area contributed by atoms with Gasteiger partial charge in [0.1, 0.15) is 11.9 Å². The summed E-state index contributed by atoms with van der Waals surface area (Å²) in [6, 6.07) is 10.9. The minimum absolute atomic E-state index is 0.0345. The van der Waals surface area contributed by atoms with E-state index in [1.165, 1.54) is 0 Å². The molecule has 0 aromatic heterocycles. The van der Waals surface area contributed by atoms with Gasteiger partial charge in [-0.3, -0.25) is 0 Å². The molecule has 1 N–H and O–H groups in total. The molecule has 2 radical (unpaired) electrons. The molecule has 0 spiro atoms. The molecule has 1 saturated carbocycles. The standard InChI is InChI=1S/C14H20O2Si/c15-14-11(9-10-17)5-4-8-13(14)16-12-6-2-1-3-7-12/h1-3,6-7,11,13-15,17H,4-5,8-10H2. The molecule has 1 aliphatic carbocycles. The molecule has 3 unspecified atom stereocenters. The summed E-state index contributed by atoms with van der Waals surface area (Å²) in [5.74, 6) is 1.26. The van der Waals surface area contributed by atoms with Gasteiger partial charge in [0.2, 0.25) is 0 Å². The van der Waals surface area contributed by atoms with E-state index in [9.17, 15) is 5.11 Å². The molecule has 0 bridgehead atoms. The second-order valence-electron chi connectivity index (χ2n) is 4.73. The number of aliphatic hydroxyl groups excluding tert-OH is 1. The van der Waals surface area contributed by atoms with E-state index in [-0.39, 0.29) is 12.2 Å². The van der Waals surface area contributed by atoms with Crippen molar-refractivity contribution in [2.45, 2.75) is 43.9 Å². The first kappa shape index (κ1) is 12.6. The van der Waals surface area contributed by atoms with Crippen LogP contribution in [-0.2, 0) is 0 Å². The first-order chi connectivity index (χ1) is 8.31. The lowest BCUT2D eigenvalue weighted by Gasteiger charge is -2.34. The molecule has 0 heterocycles. The lowest BCUT2D eigenvalue weighted by Crippen LogP contribution is -2.41. The molecule has 1 aromatic rings. The molecule has 1 aromatic carbocycles. The quantitative estimate of drug-likeness (QED) is 0.829. The van der Waals surface area contributed by atoms with Crippen molar-refractivity contribution in [3.05, 3.63) is 30.3 Å². The molecule has 3 heteroatoms. The lowest BCUT2D eigenvalue weighted by molar-refractivity contribution is -0.0320. The van der Waals surface area contributed by atoms with E-state index < -0.39 is 0 Å². The van der Waals surface area contributed by atoms with E-state index in [1.807, 2.05) is 30.3 Å². The monoisotopic (exact) mass is 248 g/mol. The molecule has 17 heavy (non-hydrogen) atoms. The van der Waals surface area contributed by atoms with Gasteiger partial charge in [-0.05, 0) is 37.3 Å². The molecule has 2 nitrogen and oxygen atoms in total. The maximum Gasteiger partial charge on any atom is 0.125 e. The van der Waals surface area contributed by atoms with Crippen LogP contribution in [0.2, 0.25) is 6.04 Å². The Kier molecular flexibility index (Phi) is 4.63. The summed E-state index contributed by atoms with van der Waals surface area (Å²) in [5.41, 5.74) is 0. The van der Waals surface area contributed by atoms with Crippen molar-refractivity contribution in [2.75, 3.05) is 0 Å². The van der Waals surface area contributed by atoms with Crippen LogP contribution in [-0.4, -0.2) is 27.6 Å². The minimum Gasteiger partial charge on any atom is -0.488 e. The molecule has 0 saturated heterocycles. The summed E-state index contributed by atoms with van der Waals surface area (Å²) < 4.78 is 5.89. The zero-order valence-electron chi connectivity index (χ0n) is 10.1. The lowest BCUT2D eigenvalue weighted by atomic mass is 9.83. The van der Waals surface area contributed by atoms with Crippen LogP contribution in [0, 0.1) is 5.92 Å². The molecule has 1 aliphatic rings. The van der Waals surface area contributed by atoms with Gasteiger partial charge in [0.05, 0.1) is 6.10 Å². The third-order valence-corrected chi connectivity index (χ3v) is 3.83. The molecule has 0 amide bonds. The van der Waals surface area contributed by atoms with Gasteiger partial charge in [0, 0.05) is 10.2 Å². The van der Waals surface area contributed by atoms with E-state index in [4.69, 9.17) is 4.74 Å². The van der Waals surface area contributed by atoms with Crippen LogP contribution in [0.4, 0.5) is 0 Å². The Balaban J connectivity index is 1.96. The topological polar surface area (TPSA) is 29.5 Å². The molecular formula is C14H20O2Si. The highest BCUT2D eigenvalue weighted by molar-refractivity contribution is 6.08. The third-order valence-electron chi connectivity index (χ3n) is 3.50.